The quantitative estimate of drug-likeness (QED) is 0.852. The van der Waals surface area contributed by atoms with Gasteiger partial charge in [-0.05, 0) is 30.7 Å². The third-order valence-corrected chi connectivity index (χ3v) is 3.21. The molecule has 19 heavy (non-hydrogen) atoms. The zero-order chi connectivity index (χ0) is 14.2. The number of aliphatic carboxylic acids is 1. The second-order valence-electron chi connectivity index (χ2n) is 4.55. The van der Waals surface area contributed by atoms with Gasteiger partial charge in [0.15, 0.2) is 0 Å². The number of carbonyl (C=O) groups is 3. The van der Waals surface area contributed by atoms with Gasteiger partial charge in [-0.1, -0.05) is 0 Å². The number of hydrogen-bond donors (Lipinski definition) is 2. The Morgan fingerprint density at radius 2 is 2.00 bits per heavy atom. The van der Waals surface area contributed by atoms with E-state index in [2.05, 4.69) is 0 Å². The van der Waals surface area contributed by atoms with Gasteiger partial charge in [-0.15, -0.1) is 0 Å². The molecule has 1 heterocycles. The molecule has 1 amide bonds. The molecule has 0 unspecified atom stereocenters. The van der Waals surface area contributed by atoms with E-state index in [9.17, 15) is 14.4 Å². The highest BCUT2D eigenvalue weighted by molar-refractivity contribution is 6.00. The van der Waals surface area contributed by atoms with Gasteiger partial charge < -0.3 is 15.1 Å². The topological polar surface area (TPSA) is 94.9 Å². The summed E-state index contributed by atoms with van der Waals surface area (Å²) in [6, 6.07) is 4.42. The van der Waals surface area contributed by atoms with Crippen LogP contribution in [-0.2, 0) is 9.59 Å². The van der Waals surface area contributed by atoms with Crippen LogP contribution in [0.25, 0.3) is 0 Å². The SMILES string of the molecule is Cc1cc(C(=O)O)ccc1N1C[C@@H](C(=O)O)CC1=O. The standard InChI is InChI=1S/C13H13NO5/c1-7-4-8(12(16)17)2-3-10(7)14-6-9(13(18)19)5-11(14)15/h2-4,9H,5-6H2,1H3,(H,16,17)(H,18,19)/t9-/m0/s1. The lowest BCUT2D eigenvalue weighted by Crippen LogP contribution is -2.26. The molecule has 1 fully saturated rings. The minimum absolute atomic E-state index is 0.0184. The molecule has 2 N–H and O–H groups in total. The summed E-state index contributed by atoms with van der Waals surface area (Å²) < 4.78 is 0. The number of nitrogens with zero attached hydrogens (tertiary/aromatic N) is 1. The summed E-state index contributed by atoms with van der Waals surface area (Å²) in [5.41, 5.74) is 1.35. The predicted molar refractivity (Wildman–Crippen MR) is 66.2 cm³/mol. The number of carbonyl (C=O) groups excluding carboxylic acids is 1. The average molecular weight is 263 g/mol. The number of benzene rings is 1. The van der Waals surface area contributed by atoms with Gasteiger partial charge in [0.1, 0.15) is 0 Å². The summed E-state index contributed by atoms with van der Waals surface area (Å²) in [4.78, 5) is 34.9. The van der Waals surface area contributed by atoms with Crippen LogP contribution >= 0.6 is 0 Å². The normalized spacial score (nSPS) is 18.7. The van der Waals surface area contributed by atoms with Crippen LogP contribution in [0.1, 0.15) is 22.3 Å². The maximum atomic E-state index is 11.8. The van der Waals surface area contributed by atoms with Crippen LogP contribution in [0.2, 0.25) is 0 Å². The average Bonchev–Trinajstić information content (AvgIpc) is 2.71. The van der Waals surface area contributed by atoms with E-state index in [1.807, 2.05) is 0 Å². The van der Waals surface area contributed by atoms with E-state index in [4.69, 9.17) is 10.2 Å². The number of hydrogen-bond acceptors (Lipinski definition) is 3. The van der Waals surface area contributed by atoms with Crippen molar-refractivity contribution in [1.82, 2.24) is 0 Å². The summed E-state index contributed by atoms with van der Waals surface area (Å²) in [6.07, 6.45) is -0.0184. The lowest BCUT2D eigenvalue weighted by molar-refractivity contribution is -0.141. The summed E-state index contributed by atoms with van der Waals surface area (Å²) in [5.74, 6) is -2.98. The van der Waals surface area contributed by atoms with Crippen LogP contribution in [0.5, 0.6) is 0 Å². The van der Waals surface area contributed by atoms with E-state index in [0.717, 1.165) is 0 Å². The fourth-order valence-corrected chi connectivity index (χ4v) is 2.20. The van der Waals surface area contributed by atoms with Crippen molar-refractivity contribution < 1.29 is 24.6 Å². The molecule has 1 saturated heterocycles. The highest BCUT2D eigenvalue weighted by Crippen LogP contribution is 2.28. The van der Waals surface area contributed by atoms with Gasteiger partial charge in [0.2, 0.25) is 5.91 Å². The first-order valence-electron chi connectivity index (χ1n) is 5.77. The molecular weight excluding hydrogens is 250 g/mol. The van der Waals surface area contributed by atoms with Crippen molar-refractivity contribution in [2.45, 2.75) is 13.3 Å². The number of carboxylic acid groups (broad SMARTS) is 2. The number of carboxylic acids is 2. The molecule has 0 aromatic heterocycles. The van der Waals surface area contributed by atoms with Crippen molar-refractivity contribution in [3.63, 3.8) is 0 Å². The lowest BCUT2D eigenvalue weighted by Gasteiger charge is -2.18. The molecule has 1 aromatic rings. The first-order valence-corrected chi connectivity index (χ1v) is 5.77. The van der Waals surface area contributed by atoms with Crippen LogP contribution in [0.4, 0.5) is 5.69 Å². The van der Waals surface area contributed by atoms with Crippen molar-refractivity contribution in [3.8, 4) is 0 Å². The van der Waals surface area contributed by atoms with E-state index in [1.165, 1.54) is 17.0 Å². The molecule has 1 atom stereocenters. The molecule has 0 saturated carbocycles. The molecular formula is C13H13NO5. The smallest absolute Gasteiger partial charge is 0.335 e. The summed E-state index contributed by atoms with van der Waals surface area (Å²) in [5, 5.41) is 17.8. The fraction of sp³-hybridized carbons (Fsp3) is 0.308. The summed E-state index contributed by atoms with van der Waals surface area (Å²) in [7, 11) is 0. The third kappa shape index (κ3) is 2.42. The van der Waals surface area contributed by atoms with Crippen molar-refractivity contribution in [1.29, 1.82) is 0 Å². The Hall–Kier alpha value is -2.37. The minimum atomic E-state index is -1.04. The Kier molecular flexibility index (Phi) is 3.25. The first kappa shape index (κ1) is 13.1. The van der Waals surface area contributed by atoms with Gasteiger partial charge >= 0.3 is 11.9 Å². The number of aryl methyl sites for hydroxylation is 1. The van der Waals surface area contributed by atoms with Crippen LogP contribution < -0.4 is 4.90 Å². The van der Waals surface area contributed by atoms with Crippen molar-refractivity contribution >= 4 is 23.5 Å². The highest BCUT2D eigenvalue weighted by Gasteiger charge is 2.35. The lowest BCUT2D eigenvalue weighted by atomic mass is 10.1. The third-order valence-electron chi connectivity index (χ3n) is 3.21. The number of rotatable bonds is 3. The van der Waals surface area contributed by atoms with Crippen LogP contribution in [-0.4, -0.2) is 34.6 Å². The Morgan fingerprint density at radius 3 is 2.47 bits per heavy atom. The molecule has 1 aromatic carbocycles. The van der Waals surface area contributed by atoms with Crippen LogP contribution in [0.3, 0.4) is 0 Å². The summed E-state index contributed by atoms with van der Waals surface area (Å²) >= 11 is 0. The predicted octanol–water partition coefficient (Wildman–Crippen LogP) is 1.13. The Bertz CT molecular complexity index is 566. The molecule has 0 radical (unpaired) electrons. The maximum absolute atomic E-state index is 11.8. The Balaban J connectivity index is 2.30. The van der Waals surface area contributed by atoms with Crippen molar-refractivity contribution in [2.24, 2.45) is 5.92 Å². The zero-order valence-electron chi connectivity index (χ0n) is 10.3. The van der Waals surface area contributed by atoms with Gasteiger partial charge in [-0.25, -0.2) is 4.79 Å². The second kappa shape index (κ2) is 4.72. The molecule has 0 aliphatic carbocycles. The molecule has 0 spiro atoms. The molecule has 0 bridgehead atoms. The van der Waals surface area contributed by atoms with Crippen molar-refractivity contribution in [2.75, 3.05) is 11.4 Å². The van der Waals surface area contributed by atoms with Gasteiger partial charge in [-0.3, -0.25) is 9.59 Å². The molecule has 6 nitrogen and oxygen atoms in total. The maximum Gasteiger partial charge on any atom is 0.335 e. The molecule has 100 valence electrons. The Labute approximate surface area is 109 Å². The number of anilines is 1. The van der Waals surface area contributed by atoms with E-state index >= 15 is 0 Å². The van der Waals surface area contributed by atoms with E-state index in [-0.39, 0.29) is 24.4 Å². The van der Waals surface area contributed by atoms with Crippen LogP contribution in [0, 0.1) is 12.8 Å². The largest absolute Gasteiger partial charge is 0.481 e. The van der Waals surface area contributed by atoms with Gasteiger partial charge in [0.25, 0.3) is 0 Å². The van der Waals surface area contributed by atoms with Crippen molar-refractivity contribution in [3.05, 3.63) is 29.3 Å². The zero-order valence-corrected chi connectivity index (χ0v) is 10.3. The van der Waals surface area contributed by atoms with E-state index in [0.29, 0.717) is 11.3 Å². The highest BCUT2D eigenvalue weighted by atomic mass is 16.4. The van der Waals surface area contributed by atoms with Gasteiger partial charge in [0.05, 0.1) is 11.5 Å². The monoisotopic (exact) mass is 263 g/mol. The van der Waals surface area contributed by atoms with Gasteiger partial charge in [-0.2, -0.15) is 0 Å². The number of aromatic carboxylic acids is 1. The molecule has 6 heteroatoms. The molecule has 2 rings (SSSR count). The van der Waals surface area contributed by atoms with E-state index < -0.39 is 17.9 Å². The fourth-order valence-electron chi connectivity index (χ4n) is 2.20. The summed E-state index contributed by atoms with van der Waals surface area (Å²) in [6.45, 7) is 1.82. The minimum Gasteiger partial charge on any atom is -0.481 e. The van der Waals surface area contributed by atoms with Gasteiger partial charge in [0, 0.05) is 18.7 Å². The Morgan fingerprint density at radius 1 is 1.32 bits per heavy atom. The molecule has 1 aliphatic rings. The number of amides is 1. The second-order valence-corrected chi connectivity index (χ2v) is 4.55. The van der Waals surface area contributed by atoms with Crippen LogP contribution in [0.15, 0.2) is 18.2 Å². The van der Waals surface area contributed by atoms with E-state index in [1.54, 1.807) is 13.0 Å². The molecule has 1 aliphatic heterocycles. The first-order chi connectivity index (χ1) is 8.90.